The Labute approximate surface area is 185 Å². The maximum Gasteiger partial charge on any atom is 0.414 e. The lowest BCUT2D eigenvalue weighted by Crippen LogP contribution is -2.33. The third-order valence-corrected chi connectivity index (χ3v) is 4.70. The molecular weight excluding hydrogens is 416 g/mol. The van der Waals surface area contributed by atoms with Crippen LogP contribution in [0.3, 0.4) is 0 Å². The summed E-state index contributed by atoms with van der Waals surface area (Å²) >= 11 is 0. The Morgan fingerprint density at radius 2 is 1.84 bits per heavy atom. The molecule has 0 saturated heterocycles. The highest BCUT2D eigenvalue weighted by Crippen LogP contribution is 2.35. The number of aromatic hydroxyl groups is 1. The van der Waals surface area contributed by atoms with Crippen LogP contribution in [0.1, 0.15) is 41.8 Å². The van der Waals surface area contributed by atoms with E-state index in [1.54, 1.807) is 48.5 Å². The largest absolute Gasteiger partial charge is 0.504 e. The molecule has 0 aliphatic rings. The van der Waals surface area contributed by atoms with E-state index in [0.717, 1.165) is 0 Å². The molecule has 0 radical (unpaired) electrons. The van der Waals surface area contributed by atoms with Crippen LogP contribution in [0.5, 0.6) is 11.5 Å². The fourth-order valence-corrected chi connectivity index (χ4v) is 3.03. The zero-order valence-corrected chi connectivity index (χ0v) is 17.8. The van der Waals surface area contributed by atoms with Gasteiger partial charge in [-0.05, 0) is 48.6 Å². The predicted octanol–water partition coefficient (Wildman–Crippen LogP) is 3.49. The van der Waals surface area contributed by atoms with Crippen LogP contribution in [0, 0.1) is 5.92 Å². The number of phenols is 1. The molecular formula is C23H26N2O7. The summed E-state index contributed by atoms with van der Waals surface area (Å²) in [6, 6.07) is 12.9. The van der Waals surface area contributed by atoms with Crippen LogP contribution in [-0.2, 0) is 9.53 Å². The van der Waals surface area contributed by atoms with Gasteiger partial charge < -0.3 is 14.6 Å². The highest BCUT2D eigenvalue weighted by molar-refractivity contribution is 6.02. The topological polar surface area (TPSA) is 134 Å². The van der Waals surface area contributed by atoms with Crippen LogP contribution in [0.4, 0.5) is 4.79 Å². The van der Waals surface area contributed by atoms with Crippen LogP contribution in [-0.4, -0.2) is 35.3 Å². The van der Waals surface area contributed by atoms with Crippen LogP contribution in [0.25, 0.3) is 0 Å². The molecule has 3 amide bonds. The lowest BCUT2D eigenvalue weighted by molar-refractivity contribution is -0.124. The van der Waals surface area contributed by atoms with E-state index in [0.29, 0.717) is 24.0 Å². The fourth-order valence-electron chi connectivity index (χ4n) is 3.03. The Kier molecular flexibility index (Phi) is 9.24. The highest BCUT2D eigenvalue weighted by atomic mass is 16.6. The number of methoxy groups -OCH3 is 1. The van der Waals surface area contributed by atoms with E-state index >= 15 is 0 Å². The van der Waals surface area contributed by atoms with E-state index in [9.17, 15) is 19.5 Å². The lowest BCUT2D eigenvalue weighted by atomic mass is 9.92. The zero-order valence-electron chi connectivity index (χ0n) is 17.8. The Morgan fingerprint density at radius 1 is 1.12 bits per heavy atom. The van der Waals surface area contributed by atoms with E-state index in [-0.39, 0.29) is 17.4 Å². The summed E-state index contributed by atoms with van der Waals surface area (Å²) in [6.45, 7) is 1.83. The quantitative estimate of drug-likeness (QED) is 0.265. The van der Waals surface area contributed by atoms with Crippen molar-refractivity contribution in [1.82, 2.24) is 10.8 Å². The minimum absolute atomic E-state index is 0.119. The van der Waals surface area contributed by atoms with Gasteiger partial charge in [-0.2, -0.15) is 0 Å². The Balaban J connectivity index is 2.14. The second kappa shape index (κ2) is 12.1. The van der Waals surface area contributed by atoms with E-state index in [2.05, 4.69) is 5.32 Å². The smallest absolute Gasteiger partial charge is 0.414 e. The summed E-state index contributed by atoms with van der Waals surface area (Å²) < 4.78 is 10.6. The molecule has 2 rings (SSSR count). The highest BCUT2D eigenvalue weighted by Gasteiger charge is 2.25. The number of alkyl carbamates (subject to hydrolysis) is 1. The van der Waals surface area contributed by atoms with Crippen molar-refractivity contribution in [2.45, 2.75) is 25.9 Å². The van der Waals surface area contributed by atoms with Crippen LogP contribution < -0.4 is 15.5 Å². The first kappa shape index (κ1) is 24.4. The number of benzene rings is 2. The Bertz CT molecular complexity index is 960. The number of ether oxygens (including phenoxy) is 2. The van der Waals surface area contributed by atoms with Crippen LogP contribution >= 0.6 is 0 Å². The number of carbonyl (C=O) groups is 3. The maximum atomic E-state index is 12.4. The van der Waals surface area contributed by atoms with Crippen LogP contribution in [0.15, 0.2) is 60.7 Å². The number of hydroxylamine groups is 1. The molecule has 9 nitrogen and oxygen atoms in total. The summed E-state index contributed by atoms with van der Waals surface area (Å²) in [6.07, 6.45) is 2.00. The van der Waals surface area contributed by atoms with Crippen molar-refractivity contribution < 1.29 is 34.2 Å². The molecule has 0 fully saturated rings. The average Bonchev–Trinajstić information content (AvgIpc) is 2.80. The molecule has 0 aliphatic carbocycles. The molecule has 0 unspecified atom stereocenters. The van der Waals surface area contributed by atoms with Gasteiger partial charge in [0, 0.05) is 11.6 Å². The third kappa shape index (κ3) is 7.13. The average molecular weight is 442 g/mol. The molecule has 0 bridgehead atoms. The van der Waals surface area contributed by atoms with Gasteiger partial charge in [-0.15, -0.1) is 0 Å². The zero-order chi connectivity index (χ0) is 23.5. The van der Waals surface area contributed by atoms with Crippen molar-refractivity contribution in [2.24, 2.45) is 5.92 Å². The van der Waals surface area contributed by atoms with Crippen LogP contribution in [0.2, 0.25) is 0 Å². The number of rotatable bonds is 9. The number of amides is 3. The first-order valence-electron chi connectivity index (χ1n) is 9.90. The van der Waals surface area contributed by atoms with E-state index in [4.69, 9.17) is 14.7 Å². The number of hydrogen-bond donors (Lipinski definition) is 4. The van der Waals surface area contributed by atoms with E-state index in [1.807, 2.05) is 6.92 Å². The Hall–Kier alpha value is -3.85. The molecule has 32 heavy (non-hydrogen) atoms. The lowest BCUT2D eigenvalue weighted by Gasteiger charge is -2.25. The molecule has 0 spiro atoms. The number of nitrogens with one attached hydrogen (secondary N) is 2. The number of hydrogen-bond acceptors (Lipinski definition) is 7. The standard InChI is InChI=1S/C23H26N2O7/c1-15(8-6-7-11-20(27)25-30)21(17-12-13-19(31-2)18(26)14-17)32-23(29)24-22(28)16-9-4-3-5-10-16/h3-5,7,9-15,21,26,30H,6,8H2,1-2H3,(H,25,27)(H,24,28,29)/b11-7+/t15-,21+/m1/s1. The SMILES string of the molecule is COc1ccc([C@@H](OC(=O)NC(=O)c2ccccc2)[C@H](C)CC/C=C/C(=O)NO)cc1O. The third-order valence-electron chi connectivity index (χ3n) is 4.70. The van der Waals surface area contributed by atoms with Gasteiger partial charge in [0.1, 0.15) is 6.10 Å². The van der Waals surface area contributed by atoms with E-state index < -0.39 is 24.0 Å². The van der Waals surface area contributed by atoms with Gasteiger partial charge in [0.2, 0.25) is 0 Å². The van der Waals surface area contributed by atoms with Crippen molar-refractivity contribution in [1.29, 1.82) is 0 Å². The van der Waals surface area contributed by atoms with Crippen molar-refractivity contribution in [3.05, 3.63) is 71.8 Å². The second-order valence-electron chi connectivity index (χ2n) is 7.01. The molecule has 2 atom stereocenters. The number of imide groups is 1. The van der Waals surface area contributed by atoms with Gasteiger partial charge in [0.05, 0.1) is 7.11 Å². The monoisotopic (exact) mass is 442 g/mol. The second-order valence-corrected chi connectivity index (χ2v) is 7.01. The predicted molar refractivity (Wildman–Crippen MR) is 115 cm³/mol. The van der Waals surface area contributed by atoms with Crippen molar-refractivity contribution in [3.63, 3.8) is 0 Å². The number of carbonyl (C=O) groups excluding carboxylic acids is 3. The van der Waals surface area contributed by atoms with Gasteiger partial charge in [-0.25, -0.2) is 10.3 Å². The maximum absolute atomic E-state index is 12.4. The summed E-state index contributed by atoms with van der Waals surface area (Å²) in [7, 11) is 1.42. The molecule has 0 aliphatic heterocycles. The summed E-state index contributed by atoms with van der Waals surface area (Å²) in [5.41, 5.74) is 2.32. The van der Waals surface area contributed by atoms with Crippen molar-refractivity contribution in [2.75, 3.05) is 7.11 Å². The molecule has 170 valence electrons. The first-order valence-corrected chi connectivity index (χ1v) is 9.90. The Morgan fingerprint density at radius 3 is 2.47 bits per heavy atom. The van der Waals surface area contributed by atoms with Crippen molar-refractivity contribution >= 4 is 17.9 Å². The normalized spacial score (nSPS) is 12.6. The number of phenolic OH excluding ortho intramolecular Hbond substituents is 1. The summed E-state index contributed by atoms with van der Waals surface area (Å²) in [4.78, 5) is 35.8. The molecule has 2 aromatic carbocycles. The molecule has 2 aromatic rings. The molecule has 0 heterocycles. The van der Waals surface area contributed by atoms with Gasteiger partial charge in [-0.1, -0.05) is 37.3 Å². The fraction of sp³-hybridized carbons (Fsp3) is 0.261. The number of allylic oxidation sites excluding steroid dienone is 1. The first-order chi connectivity index (χ1) is 15.3. The minimum atomic E-state index is -0.929. The summed E-state index contributed by atoms with van der Waals surface area (Å²) in [5, 5.41) is 20.9. The molecule has 4 N–H and O–H groups in total. The van der Waals surface area contributed by atoms with Crippen molar-refractivity contribution in [3.8, 4) is 11.5 Å². The van der Waals surface area contributed by atoms with Gasteiger partial charge in [0.15, 0.2) is 11.5 Å². The minimum Gasteiger partial charge on any atom is -0.504 e. The van der Waals surface area contributed by atoms with Gasteiger partial charge in [0.25, 0.3) is 11.8 Å². The summed E-state index contributed by atoms with van der Waals surface area (Å²) in [5.74, 6) is -1.35. The van der Waals surface area contributed by atoms with Gasteiger partial charge >= 0.3 is 6.09 Å². The molecule has 0 saturated carbocycles. The molecule has 0 aromatic heterocycles. The van der Waals surface area contributed by atoms with E-state index in [1.165, 1.54) is 24.7 Å². The molecule has 9 heteroatoms. The van der Waals surface area contributed by atoms with Gasteiger partial charge in [-0.3, -0.25) is 20.1 Å².